The van der Waals surface area contributed by atoms with Gasteiger partial charge < -0.3 is 10.1 Å². The maximum Gasteiger partial charge on any atom is 0.0433 e. The first-order chi connectivity index (χ1) is 6.76. The Morgan fingerprint density at radius 2 is 1.73 bits per heavy atom. The minimum atomic E-state index is 0. The van der Waals surface area contributed by atoms with Crippen molar-refractivity contribution < 1.29 is 4.74 Å². The molecule has 1 fully saturated rings. The molecule has 1 aliphatic carbocycles. The molecule has 0 aromatic heterocycles. The van der Waals surface area contributed by atoms with E-state index >= 15 is 0 Å². The molecule has 0 aromatic rings. The van der Waals surface area contributed by atoms with Gasteiger partial charge in [0.05, 0.1) is 0 Å². The third-order valence-electron chi connectivity index (χ3n) is 3.10. The summed E-state index contributed by atoms with van der Waals surface area (Å²) in [4.78, 5) is 0. The van der Waals surface area contributed by atoms with Crippen LogP contribution in [0.4, 0.5) is 0 Å². The molecular formula is C13H31NO. The summed E-state index contributed by atoms with van der Waals surface area (Å²) in [5.74, 6) is 0.957. The van der Waals surface area contributed by atoms with E-state index < -0.39 is 0 Å². The largest absolute Gasteiger partial charge is 0.385 e. The first kappa shape index (κ1) is 17.3. The van der Waals surface area contributed by atoms with Crippen LogP contribution in [0.25, 0.3) is 0 Å². The molecular weight excluding hydrogens is 186 g/mol. The minimum Gasteiger partial charge on any atom is -0.385 e. The predicted octanol–water partition coefficient (Wildman–Crippen LogP) is 3.46. The van der Waals surface area contributed by atoms with Crippen molar-refractivity contribution >= 4 is 0 Å². The summed E-state index contributed by atoms with van der Waals surface area (Å²) in [6.45, 7) is 5.08. The lowest BCUT2D eigenvalue weighted by Gasteiger charge is -2.27. The lowest BCUT2D eigenvalue weighted by atomic mass is 9.85. The molecule has 0 saturated heterocycles. The molecule has 0 spiro atoms. The Morgan fingerprint density at radius 1 is 1.27 bits per heavy atom. The normalized spacial score (nSPS) is 18.4. The average molecular weight is 217 g/mol. The van der Waals surface area contributed by atoms with Crippen LogP contribution in [0.3, 0.4) is 0 Å². The third-order valence-corrected chi connectivity index (χ3v) is 3.10. The van der Waals surface area contributed by atoms with Gasteiger partial charge in [-0.2, -0.15) is 0 Å². The number of rotatable bonds is 3. The molecule has 0 unspecified atom stereocenters. The Hall–Kier alpha value is -0.0800. The molecule has 2 heteroatoms. The Kier molecular flexibility index (Phi) is 13.8. The van der Waals surface area contributed by atoms with Crippen LogP contribution in [0.5, 0.6) is 0 Å². The van der Waals surface area contributed by atoms with Crippen molar-refractivity contribution in [3.05, 3.63) is 0 Å². The first-order valence-corrected chi connectivity index (χ1v) is 5.92. The lowest BCUT2D eigenvalue weighted by molar-refractivity contribution is 0.215. The second-order valence-corrected chi connectivity index (χ2v) is 4.05. The van der Waals surface area contributed by atoms with Crippen LogP contribution in [0, 0.1) is 5.92 Å². The van der Waals surface area contributed by atoms with Crippen molar-refractivity contribution in [3.63, 3.8) is 0 Å². The van der Waals surface area contributed by atoms with E-state index in [2.05, 4.69) is 24.0 Å². The van der Waals surface area contributed by atoms with Gasteiger partial charge in [-0.3, -0.25) is 0 Å². The second-order valence-electron chi connectivity index (χ2n) is 4.05. The van der Waals surface area contributed by atoms with Gasteiger partial charge in [-0.05, 0) is 39.7 Å². The van der Waals surface area contributed by atoms with Crippen LogP contribution in [0.15, 0.2) is 0 Å². The van der Waals surface area contributed by atoms with E-state index in [0.29, 0.717) is 0 Å². The van der Waals surface area contributed by atoms with Gasteiger partial charge in [0.1, 0.15) is 0 Å². The molecule has 94 valence electrons. The molecule has 1 atom stereocenters. The molecule has 2 nitrogen and oxygen atoms in total. The molecule has 1 aliphatic rings. The molecule has 0 radical (unpaired) electrons. The summed E-state index contributed by atoms with van der Waals surface area (Å²) < 4.78 is 4.54. The van der Waals surface area contributed by atoms with Crippen molar-refractivity contribution in [2.45, 2.75) is 59.4 Å². The van der Waals surface area contributed by atoms with Crippen molar-refractivity contribution in [2.75, 3.05) is 20.8 Å². The van der Waals surface area contributed by atoms with Gasteiger partial charge >= 0.3 is 0 Å². The van der Waals surface area contributed by atoms with Crippen LogP contribution < -0.4 is 5.32 Å². The van der Waals surface area contributed by atoms with Gasteiger partial charge in [0.2, 0.25) is 0 Å². The summed E-state index contributed by atoms with van der Waals surface area (Å²) >= 11 is 0. The maximum absolute atomic E-state index is 4.54. The quantitative estimate of drug-likeness (QED) is 0.781. The van der Waals surface area contributed by atoms with E-state index in [1.165, 1.54) is 32.1 Å². The molecule has 15 heavy (non-hydrogen) atoms. The van der Waals surface area contributed by atoms with Crippen molar-refractivity contribution in [2.24, 2.45) is 5.92 Å². The molecule has 1 N–H and O–H groups in total. The standard InChI is InChI=1S/C9H19N.C3H8O.CH4/c1-8(10-2)9-6-4-3-5-7-9;1-3-4-2;/h8-10H,3-7H2,1-2H3;3H2,1-2H3;1H4/t8-;;/m1../s1. The topological polar surface area (TPSA) is 21.3 Å². The van der Waals surface area contributed by atoms with E-state index in [4.69, 9.17) is 0 Å². The third kappa shape index (κ3) is 8.88. The summed E-state index contributed by atoms with van der Waals surface area (Å²) in [5, 5.41) is 3.33. The zero-order chi connectivity index (χ0) is 10.8. The first-order valence-electron chi connectivity index (χ1n) is 5.92. The summed E-state index contributed by atoms with van der Waals surface area (Å²) in [7, 11) is 3.75. The molecule has 1 saturated carbocycles. The Labute approximate surface area is 96.8 Å². The fourth-order valence-electron chi connectivity index (χ4n) is 1.87. The highest BCUT2D eigenvalue weighted by Gasteiger charge is 2.17. The van der Waals surface area contributed by atoms with Gasteiger partial charge in [0, 0.05) is 19.8 Å². The zero-order valence-electron chi connectivity index (χ0n) is 10.3. The van der Waals surface area contributed by atoms with Crippen molar-refractivity contribution in [1.82, 2.24) is 5.32 Å². The SMILES string of the molecule is C.CCOC.CN[C@H](C)C1CCCCC1. The van der Waals surface area contributed by atoms with Crippen molar-refractivity contribution in [1.29, 1.82) is 0 Å². The Balaban J connectivity index is 0. The van der Waals surface area contributed by atoms with Crippen LogP contribution >= 0.6 is 0 Å². The maximum atomic E-state index is 4.54. The fraction of sp³-hybridized carbons (Fsp3) is 1.00. The van der Waals surface area contributed by atoms with Crippen LogP contribution in [-0.4, -0.2) is 26.8 Å². The van der Waals surface area contributed by atoms with Crippen LogP contribution in [-0.2, 0) is 4.74 Å². The summed E-state index contributed by atoms with van der Waals surface area (Å²) in [5.41, 5.74) is 0. The number of hydrogen-bond donors (Lipinski definition) is 1. The van der Waals surface area contributed by atoms with E-state index in [-0.39, 0.29) is 7.43 Å². The monoisotopic (exact) mass is 217 g/mol. The fourth-order valence-corrected chi connectivity index (χ4v) is 1.87. The Morgan fingerprint density at radius 3 is 2.07 bits per heavy atom. The number of nitrogens with one attached hydrogen (secondary N) is 1. The zero-order valence-corrected chi connectivity index (χ0v) is 10.3. The van der Waals surface area contributed by atoms with Gasteiger partial charge in [0.15, 0.2) is 0 Å². The lowest BCUT2D eigenvalue weighted by Crippen LogP contribution is -2.31. The highest BCUT2D eigenvalue weighted by molar-refractivity contribution is 4.74. The van der Waals surface area contributed by atoms with Gasteiger partial charge in [0.25, 0.3) is 0 Å². The van der Waals surface area contributed by atoms with Gasteiger partial charge in [-0.15, -0.1) is 0 Å². The number of hydrogen-bond acceptors (Lipinski definition) is 2. The molecule has 1 rings (SSSR count). The second kappa shape index (κ2) is 12.0. The molecule has 0 aliphatic heterocycles. The van der Waals surface area contributed by atoms with Gasteiger partial charge in [-0.1, -0.05) is 26.7 Å². The number of ether oxygens (including phenoxy) is 1. The Bertz CT molecular complexity index is 109. The predicted molar refractivity (Wildman–Crippen MR) is 69.4 cm³/mol. The molecule has 0 amide bonds. The van der Waals surface area contributed by atoms with E-state index in [1.54, 1.807) is 7.11 Å². The molecule has 0 aromatic carbocycles. The summed E-state index contributed by atoms with van der Waals surface area (Å²) in [6, 6.07) is 0.736. The van der Waals surface area contributed by atoms with Crippen LogP contribution in [0.2, 0.25) is 0 Å². The molecule has 0 bridgehead atoms. The molecule has 0 heterocycles. The van der Waals surface area contributed by atoms with E-state index in [1.807, 2.05) is 6.92 Å². The van der Waals surface area contributed by atoms with Crippen molar-refractivity contribution in [3.8, 4) is 0 Å². The van der Waals surface area contributed by atoms with Crippen LogP contribution in [0.1, 0.15) is 53.4 Å². The van der Waals surface area contributed by atoms with E-state index in [0.717, 1.165) is 18.6 Å². The number of methoxy groups -OCH3 is 1. The highest BCUT2D eigenvalue weighted by atomic mass is 16.5. The smallest absolute Gasteiger partial charge is 0.0433 e. The average Bonchev–Trinajstić information content (AvgIpc) is 2.29. The van der Waals surface area contributed by atoms with Gasteiger partial charge in [-0.25, -0.2) is 0 Å². The highest BCUT2D eigenvalue weighted by Crippen LogP contribution is 2.25. The summed E-state index contributed by atoms with van der Waals surface area (Å²) in [6.07, 6.45) is 7.27. The minimum absolute atomic E-state index is 0. The van der Waals surface area contributed by atoms with E-state index in [9.17, 15) is 0 Å².